The normalized spacial score (nSPS) is 28.9. The first-order valence-electron chi connectivity index (χ1n) is 7.70. The molecular formula is C14H23N5O3S. The number of nitrogens with zero attached hydrogens (tertiary/aromatic N) is 4. The fraction of sp³-hybridized carbons (Fsp3) is 0.714. The van der Waals surface area contributed by atoms with Crippen LogP contribution in [0.25, 0.3) is 0 Å². The number of rotatable bonds is 4. The van der Waals surface area contributed by atoms with Gasteiger partial charge in [0, 0.05) is 45.6 Å². The number of aryl methyl sites for hydroxylation is 1. The summed E-state index contributed by atoms with van der Waals surface area (Å²) in [7, 11) is 0.0643. The van der Waals surface area contributed by atoms with Crippen LogP contribution < -0.4 is 5.32 Å². The van der Waals surface area contributed by atoms with Crippen LogP contribution in [0, 0.1) is 5.92 Å². The van der Waals surface area contributed by atoms with Gasteiger partial charge in [0.05, 0.1) is 12.8 Å². The second-order valence-corrected chi connectivity index (χ2v) is 8.32. The molecular weight excluding hydrogens is 318 g/mol. The van der Waals surface area contributed by atoms with Crippen LogP contribution >= 0.6 is 0 Å². The Kier molecular flexibility index (Phi) is 4.19. The molecule has 3 atom stereocenters. The summed E-state index contributed by atoms with van der Waals surface area (Å²) in [6.07, 6.45) is 5.43. The molecule has 1 aromatic rings. The number of likely N-dealkylation sites (tertiary alicyclic amines) is 1. The summed E-state index contributed by atoms with van der Waals surface area (Å²) >= 11 is 0. The van der Waals surface area contributed by atoms with Gasteiger partial charge < -0.3 is 9.88 Å². The van der Waals surface area contributed by atoms with Gasteiger partial charge in [-0.15, -0.1) is 0 Å². The van der Waals surface area contributed by atoms with E-state index in [4.69, 9.17) is 0 Å². The number of sulfonamides is 1. The summed E-state index contributed by atoms with van der Waals surface area (Å²) < 4.78 is 27.8. The van der Waals surface area contributed by atoms with Crippen molar-refractivity contribution in [3.8, 4) is 0 Å². The van der Waals surface area contributed by atoms with Crippen molar-refractivity contribution in [2.75, 3.05) is 26.4 Å². The fourth-order valence-electron chi connectivity index (χ4n) is 3.83. The highest BCUT2D eigenvalue weighted by Crippen LogP contribution is 2.37. The molecule has 0 unspecified atom stereocenters. The van der Waals surface area contributed by atoms with E-state index in [0.717, 1.165) is 12.4 Å². The third-order valence-electron chi connectivity index (χ3n) is 4.86. The SMILES string of the molecule is CNC(=O)[C@@H]1C[C@H]2CN(Cc3nccn3C)C[C@H]2N1S(C)(=O)=O. The van der Waals surface area contributed by atoms with Crippen molar-refractivity contribution >= 4 is 15.9 Å². The molecule has 2 saturated heterocycles. The van der Waals surface area contributed by atoms with Crippen LogP contribution in [0.15, 0.2) is 12.4 Å². The number of nitrogens with one attached hydrogen (secondary N) is 1. The van der Waals surface area contributed by atoms with E-state index in [1.54, 1.807) is 13.2 Å². The number of fused-ring (bicyclic) bond motifs is 1. The van der Waals surface area contributed by atoms with E-state index in [2.05, 4.69) is 15.2 Å². The summed E-state index contributed by atoms with van der Waals surface area (Å²) in [6, 6.07) is -0.715. The highest BCUT2D eigenvalue weighted by Gasteiger charge is 2.52. The molecule has 0 bridgehead atoms. The summed E-state index contributed by atoms with van der Waals surface area (Å²) in [5.41, 5.74) is 0. The molecule has 23 heavy (non-hydrogen) atoms. The lowest BCUT2D eigenvalue weighted by molar-refractivity contribution is -0.124. The molecule has 3 heterocycles. The molecule has 8 nitrogen and oxygen atoms in total. The molecule has 128 valence electrons. The Hall–Kier alpha value is -1.45. The van der Waals surface area contributed by atoms with Gasteiger partial charge in [-0.3, -0.25) is 9.69 Å². The van der Waals surface area contributed by atoms with Crippen molar-refractivity contribution in [2.45, 2.75) is 25.0 Å². The maximum Gasteiger partial charge on any atom is 0.238 e. The highest BCUT2D eigenvalue weighted by atomic mass is 32.2. The Bertz CT molecular complexity index is 701. The van der Waals surface area contributed by atoms with Crippen LogP contribution in [0.5, 0.6) is 0 Å². The van der Waals surface area contributed by atoms with Gasteiger partial charge >= 0.3 is 0 Å². The molecule has 3 rings (SSSR count). The number of hydrogen-bond donors (Lipinski definition) is 1. The predicted octanol–water partition coefficient (Wildman–Crippen LogP) is -1.000. The minimum Gasteiger partial charge on any atom is -0.358 e. The second-order valence-electron chi connectivity index (χ2n) is 6.43. The lowest BCUT2D eigenvalue weighted by atomic mass is 10.0. The first-order valence-corrected chi connectivity index (χ1v) is 9.54. The van der Waals surface area contributed by atoms with Crippen molar-refractivity contribution in [1.82, 2.24) is 24.1 Å². The number of aromatic nitrogens is 2. The van der Waals surface area contributed by atoms with Crippen molar-refractivity contribution in [3.63, 3.8) is 0 Å². The van der Waals surface area contributed by atoms with Crippen molar-refractivity contribution < 1.29 is 13.2 Å². The minimum atomic E-state index is -3.43. The average Bonchev–Trinajstić information content (AvgIpc) is 3.11. The zero-order valence-electron chi connectivity index (χ0n) is 13.6. The molecule has 9 heteroatoms. The number of carbonyl (C=O) groups excluding carboxylic acids is 1. The Balaban J connectivity index is 1.77. The molecule has 1 aromatic heterocycles. The van der Waals surface area contributed by atoms with Gasteiger partial charge in [-0.25, -0.2) is 13.4 Å². The number of carbonyl (C=O) groups is 1. The van der Waals surface area contributed by atoms with Crippen LogP contribution in [-0.2, 0) is 28.4 Å². The van der Waals surface area contributed by atoms with Crippen LogP contribution in [-0.4, -0.2) is 71.6 Å². The zero-order valence-corrected chi connectivity index (χ0v) is 14.5. The van der Waals surface area contributed by atoms with E-state index in [9.17, 15) is 13.2 Å². The van der Waals surface area contributed by atoms with E-state index in [1.165, 1.54) is 10.6 Å². The number of hydrogen-bond acceptors (Lipinski definition) is 5. The summed E-state index contributed by atoms with van der Waals surface area (Å²) in [6.45, 7) is 2.12. The van der Waals surface area contributed by atoms with Gasteiger partial charge in [0.2, 0.25) is 15.9 Å². The van der Waals surface area contributed by atoms with E-state index in [1.807, 2.05) is 17.8 Å². The Morgan fingerprint density at radius 2 is 2.17 bits per heavy atom. The number of likely N-dealkylation sites (N-methyl/N-ethyl adjacent to an activating group) is 1. The maximum atomic E-state index is 12.2. The smallest absolute Gasteiger partial charge is 0.238 e. The maximum absolute atomic E-state index is 12.2. The van der Waals surface area contributed by atoms with Gasteiger partial charge in [-0.1, -0.05) is 0 Å². The molecule has 2 aliphatic heterocycles. The molecule has 2 fully saturated rings. The largest absolute Gasteiger partial charge is 0.358 e. The van der Waals surface area contributed by atoms with Gasteiger partial charge in [-0.05, 0) is 12.3 Å². The Morgan fingerprint density at radius 1 is 1.43 bits per heavy atom. The molecule has 0 aromatic carbocycles. The summed E-state index contributed by atoms with van der Waals surface area (Å²) in [5, 5.41) is 2.58. The Morgan fingerprint density at radius 3 is 2.74 bits per heavy atom. The molecule has 1 amide bonds. The first-order chi connectivity index (χ1) is 10.8. The van der Waals surface area contributed by atoms with Crippen molar-refractivity contribution in [2.24, 2.45) is 13.0 Å². The van der Waals surface area contributed by atoms with Crippen LogP contribution in [0.4, 0.5) is 0 Å². The lowest BCUT2D eigenvalue weighted by Gasteiger charge is -2.27. The molecule has 0 spiro atoms. The second kappa shape index (κ2) is 5.88. The van der Waals surface area contributed by atoms with E-state index in [0.29, 0.717) is 19.5 Å². The van der Waals surface area contributed by atoms with Gasteiger partial charge in [0.1, 0.15) is 11.9 Å². The fourth-order valence-corrected chi connectivity index (χ4v) is 5.20. The van der Waals surface area contributed by atoms with Crippen molar-refractivity contribution in [1.29, 1.82) is 0 Å². The number of imidazole rings is 1. The molecule has 1 N–H and O–H groups in total. The van der Waals surface area contributed by atoms with E-state index in [-0.39, 0.29) is 17.9 Å². The standard InChI is InChI=1S/C14H23N5O3S/c1-15-14(20)11-6-10-7-18(9-13-16-4-5-17(13)2)8-12(10)19(11)23(3,21)22/h4-5,10-12H,6-9H2,1-3H3,(H,15,20)/t10-,11-,12+/m0/s1. The molecule has 0 saturated carbocycles. The van der Waals surface area contributed by atoms with Gasteiger partial charge in [0.25, 0.3) is 0 Å². The van der Waals surface area contributed by atoms with E-state index >= 15 is 0 Å². The summed E-state index contributed by atoms with van der Waals surface area (Å²) in [4.78, 5) is 18.6. The highest BCUT2D eigenvalue weighted by molar-refractivity contribution is 7.88. The molecule has 2 aliphatic rings. The lowest BCUT2D eigenvalue weighted by Crippen LogP contribution is -2.49. The van der Waals surface area contributed by atoms with Crippen LogP contribution in [0.3, 0.4) is 0 Å². The van der Waals surface area contributed by atoms with Crippen LogP contribution in [0.2, 0.25) is 0 Å². The molecule has 0 aliphatic carbocycles. The average molecular weight is 341 g/mol. The van der Waals surface area contributed by atoms with Gasteiger partial charge in [0.15, 0.2) is 0 Å². The third-order valence-corrected chi connectivity index (χ3v) is 6.15. The topological polar surface area (TPSA) is 87.5 Å². The quantitative estimate of drug-likeness (QED) is 0.759. The molecule has 0 radical (unpaired) electrons. The first kappa shape index (κ1) is 16.4. The predicted molar refractivity (Wildman–Crippen MR) is 84.9 cm³/mol. The summed E-state index contributed by atoms with van der Waals surface area (Å²) in [5.74, 6) is 0.923. The monoisotopic (exact) mass is 341 g/mol. The van der Waals surface area contributed by atoms with Crippen molar-refractivity contribution in [3.05, 3.63) is 18.2 Å². The Labute approximate surface area is 136 Å². The zero-order chi connectivity index (χ0) is 16.8. The minimum absolute atomic E-state index is 0.132. The van der Waals surface area contributed by atoms with Gasteiger partial charge in [-0.2, -0.15) is 4.31 Å². The van der Waals surface area contributed by atoms with Crippen LogP contribution in [0.1, 0.15) is 12.2 Å². The third kappa shape index (κ3) is 3.00. The number of amides is 1. The van der Waals surface area contributed by atoms with E-state index < -0.39 is 16.1 Å².